The van der Waals surface area contributed by atoms with Crippen molar-refractivity contribution in [3.8, 4) is 17.0 Å². The Balaban J connectivity index is 1.78. The van der Waals surface area contributed by atoms with E-state index in [2.05, 4.69) is 10.2 Å². The number of benzene rings is 2. The second kappa shape index (κ2) is 8.37. The Morgan fingerprint density at radius 3 is 2.63 bits per heavy atom. The minimum Gasteiger partial charge on any atom is -0.494 e. The molecule has 0 aliphatic rings. The molecule has 0 fully saturated rings. The Labute approximate surface area is 156 Å². The van der Waals surface area contributed by atoms with Gasteiger partial charge in [0.25, 0.3) is 5.91 Å². The molecule has 0 unspecified atom stereocenters. The summed E-state index contributed by atoms with van der Waals surface area (Å²) in [5.41, 5.74) is 1.93. The normalized spacial score (nSPS) is 10.5. The molecule has 0 aliphatic carbocycles. The van der Waals surface area contributed by atoms with Gasteiger partial charge in [-0.1, -0.05) is 18.2 Å². The smallest absolute Gasteiger partial charge is 0.269 e. The van der Waals surface area contributed by atoms with Crippen LogP contribution in [0.25, 0.3) is 11.3 Å². The van der Waals surface area contributed by atoms with Crippen LogP contribution in [0.15, 0.2) is 60.8 Å². The number of hydrogen-bond donors (Lipinski definition) is 1. The first-order chi connectivity index (χ1) is 13.1. The predicted octanol–water partition coefficient (Wildman–Crippen LogP) is 3.20. The van der Waals surface area contributed by atoms with E-state index in [0.29, 0.717) is 17.9 Å². The maximum Gasteiger partial charge on any atom is 0.269 e. The number of rotatable bonds is 6. The molecule has 0 atom stereocenters. The van der Waals surface area contributed by atoms with Crippen molar-refractivity contribution in [1.82, 2.24) is 15.2 Å². The van der Waals surface area contributed by atoms with Gasteiger partial charge < -0.3 is 4.74 Å². The van der Waals surface area contributed by atoms with Crippen molar-refractivity contribution in [2.45, 2.75) is 13.5 Å². The highest BCUT2D eigenvalue weighted by molar-refractivity contribution is 5.94. The van der Waals surface area contributed by atoms with Gasteiger partial charge in [0.1, 0.15) is 11.6 Å². The van der Waals surface area contributed by atoms with Gasteiger partial charge >= 0.3 is 0 Å². The van der Waals surface area contributed by atoms with Crippen LogP contribution in [0.1, 0.15) is 22.8 Å². The molecule has 0 saturated heterocycles. The quantitative estimate of drug-likeness (QED) is 0.412. The number of nitrogens with two attached hydrogens (primary N) is 1. The SMILES string of the molecule is CCOc1ccc(-c2cc(C(=O)N(N)Cc3ccccc3F)cnn2)cc1. The van der Waals surface area contributed by atoms with Crippen LogP contribution in [-0.2, 0) is 6.54 Å². The summed E-state index contributed by atoms with van der Waals surface area (Å²) in [5, 5.41) is 8.91. The first-order valence-corrected chi connectivity index (χ1v) is 8.44. The van der Waals surface area contributed by atoms with E-state index in [1.165, 1.54) is 12.3 Å². The number of nitrogens with zero attached hydrogens (tertiary/aromatic N) is 3. The molecule has 1 heterocycles. The molecule has 0 saturated carbocycles. The van der Waals surface area contributed by atoms with Crippen molar-refractivity contribution in [3.63, 3.8) is 0 Å². The maximum absolute atomic E-state index is 13.8. The van der Waals surface area contributed by atoms with Crippen molar-refractivity contribution in [2.24, 2.45) is 5.84 Å². The first-order valence-electron chi connectivity index (χ1n) is 8.44. The van der Waals surface area contributed by atoms with Gasteiger partial charge in [0.05, 0.1) is 30.6 Å². The van der Waals surface area contributed by atoms with Crippen molar-refractivity contribution in [1.29, 1.82) is 0 Å². The minimum absolute atomic E-state index is 0.0494. The molecular weight excluding hydrogens is 347 g/mol. The number of amides is 1. The van der Waals surface area contributed by atoms with Gasteiger partial charge in [0, 0.05) is 11.1 Å². The largest absolute Gasteiger partial charge is 0.494 e. The molecule has 27 heavy (non-hydrogen) atoms. The van der Waals surface area contributed by atoms with E-state index >= 15 is 0 Å². The van der Waals surface area contributed by atoms with Gasteiger partial charge in [-0.2, -0.15) is 10.2 Å². The summed E-state index contributed by atoms with van der Waals surface area (Å²) >= 11 is 0. The molecule has 6 nitrogen and oxygen atoms in total. The molecule has 0 radical (unpaired) electrons. The lowest BCUT2D eigenvalue weighted by Crippen LogP contribution is -2.37. The number of carbonyl (C=O) groups is 1. The number of halogens is 1. The van der Waals surface area contributed by atoms with Crippen LogP contribution in [0, 0.1) is 5.82 Å². The predicted molar refractivity (Wildman–Crippen MR) is 99.1 cm³/mol. The van der Waals surface area contributed by atoms with E-state index in [1.54, 1.807) is 24.3 Å². The highest BCUT2D eigenvalue weighted by Crippen LogP contribution is 2.21. The second-order valence-corrected chi connectivity index (χ2v) is 5.81. The fourth-order valence-electron chi connectivity index (χ4n) is 2.56. The van der Waals surface area contributed by atoms with Crippen LogP contribution in [0.2, 0.25) is 0 Å². The summed E-state index contributed by atoms with van der Waals surface area (Å²) in [6.45, 7) is 2.44. The number of ether oxygens (including phenoxy) is 1. The third-order valence-corrected chi connectivity index (χ3v) is 3.92. The zero-order chi connectivity index (χ0) is 19.2. The van der Waals surface area contributed by atoms with Gasteiger partial charge in [0.15, 0.2) is 0 Å². The number of hydrazine groups is 1. The Hall–Kier alpha value is -3.32. The van der Waals surface area contributed by atoms with E-state index < -0.39 is 11.7 Å². The third-order valence-electron chi connectivity index (χ3n) is 3.92. The lowest BCUT2D eigenvalue weighted by atomic mass is 10.1. The molecule has 7 heteroatoms. The fraction of sp³-hybridized carbons (Fsp3) is 0.150. The maximum atomic E-state index is 13.8. The Morgan fingerprint density at radius 1 is 1.19 bits per heavy atom. The Kier molecular flexibility index (Phi) is 5.73. The minimum atomic E-state index is -0.472. The topological polar surface area (TPSA) is 81.3 Å². The van der Waals surface area contributed by atoms with E-state index in [9.17, 15) is 9.18 Å². The molecule has 0 spiro atoms. The number of carbonyl (C=O) groups excluding carboxylic acids is 1. The van der Waals surface area contributed by atoms with Gasteiger partial charge in [-0.25, -0.2) is 10.2 Å². The van der Waals surface area contributed by atoms with Crippen LogP contribution < -0.4 is 10.6 Å². The molecule has 138 valence electrons. The fourth-order valence-corrected chi connectivity index (χ4v) is 2.56. The van der Waals surface area contributed by atoms with E-state index in [4.69, 9.17) is 10.6 Å². The molecule has 2 aromatic carbocycles. The molecule has 3 rings (SSSR count). The first kappa shape index (κ1) is 18.5. The van der Waals surface area contributed by atoms with Crippen molar-refractivity contribution >= 4 is 5.91 Å². The molecule has 1 amide bonds. The van der Waals surface area contributed by atoms with Crippen LogP contribution in [0.3, 0.4) is 0 Å². The molecule has 0 bridgehead atoms. The van der Waals surface area contributed by atoms with Gasteiger partial charge in [-0.3, -0.25) is 9.80 Å². The Morgan fingerprint density at radius 2 is 1.93 bits per heavy atom. The summed E-state index contributed by atoms with van der Waals surface area (Å²) in [5.74, 6) is 5.71. The van der Waals surface area contributed by atoms with Crippen molar-refractivity contribution < 1.29 is 13.9 Å². The third kappa shape index (κ3) is 4.45. The van der Waals surface area contributed by atoms with E-state index in [0.717, 1.165) is 16.3 Å². The zero-order valence-electron chi connectivity index (χ0n) is 14.8. The molecule has 1 aromatic heterocycles. The molecular formula is C20H19FN4O2. The van der Waals surface area contributed by atoms with Gasteiger partial charge in [0.2, 0.25) is 0 Å². The summed E-state index contributed by atoms with van der Waals surface area (Å²) in [7, 11) is 0. The molecule has 2 N–H and O–H groups in total. The average molecular weight is 366 g/mol. The van der Waals surface area contributed by atoms with Crippen molar-refractivity contribution in [2.75, 3.05) is 6.61 Å². The highest BCUT2D eigenvalue weighted by Gasteiger charge is 2.16. The lowest BCUT2D eigenvalue weighted by Gasteiger charge is -2.17. The lowest BCUT2D eigenvalue weighted by molar-refractivity contribution is 0.0741. The van der Waals surface area contributed by atoms with Crippen LogP contribution >= 0.6 is 0 Å². The number of hydrogen-bond acceptors (Lipinski definition) is 5. The highest BCUT2D eigenvalue weighted by atomic mass is 19.1. The van der Waals surface area contributed by atoms with Crippen molar-refractivity contribution in [3.05, 3.63) is 77.7 Å². The average Bonchev–Trinajstić information content (AvgIpc) is 2.70. The number of aromatic nitrogens is 2. The van der Waals surface area contributed by atoms with Crippen LogP contribution in [0.5, 0.6) is 5.75 Å². The van der Waals surface area contributed by atoms with Gasteiger partial charge in [-0.05, 0) is 43.3 Å². The summed E-state index contributed by atoms with van der Waals surface area (Å²) < 4.78 is 19.2. The molecule has 3 aromatic rings. The molecule has 0 aliphatic heterocycles. The van der Waals surface area contributed by atoms with E-state index in [-0.39, 0.29) is 12.1 Å². The van der Waals surface area contributed by atoms with Crippen LogP contribution in [-0.4, -0.2) is 27.7 Å². The standard InChI is InChI=1S/C20H19FN4O2/c1-2-27-17-9-7-14(8-10-17)19-11-16(12-23-24-19)20(26)25(22)13-15-5-3-4-6-18(15)21/h3-12H,2,13,22H2,1H3. The Bertz CT molecular complexity index is 931. The zero-order valence-corrected chi connectivity index (χ0v) is 14.8. The van der Waals surface area contributed by atoms with Gasteiger partial charge in [-0.15, -0.1) is 0 Å². The second-order valence-electron chi connectivity index (χ2n) is 5.81. The summed E-state index contributed by atoms with van der Waals surface area (Å²) in [4.78, 5) is 12.6. The monoisotopic (exact) mass is 366 g/mol. The summed E-state index contributed by atoms with van der Waals surface area (Å²) in [6.07, 6.45) is 1.33. The van der Waals surface area contributed by atoms with E-state index in [1.807, 2.05) is 31.2 Å². The summed E-state index contributed by atoms with van der Waals surface area (Å²) in [6, 6.07) is 15.1. The van der Waals surface area contributed by atoms with Crippen LogP contribution in [0.4, 0.5) is 4.39 Å².